The number of aliphatic carboxylic acids is 1. The standard InChI is InChI=1S/C15H19NO3/c1-10(15(17)18)8-16(3)9-13-11(2)19-14-7-5-4-6-12(13)14/h4-7,10H,8-9H2,1-3H3,(H,17,18). The van der Waals surface area contributed by atoms with Crippen LogP contribution < -0.4 is 0 Å². The summed E-state index contributed by atoms with van der Waals surface area (Å²) in [4.78, 5) is 12.9. The molecule has 19 heavy (non-hydrogen) atoms. The normalized spacial score (nSPS) is 13.1. The van der Waals surface area contributed by atoms with Crippen LogP contribution in [-0.2, 0) is 11.3 Å². The molecule has 1 unspecified atom stereocenters. The van der Waals surface area contributed by atoms with Gasteiger partial charge < -0.3 is 14.4 Å². The van der Waals surface area contributed by atoms with E-state index < -0.39 is 5.97 Å². The summed E-state index contributed by atoms with van der Waals surface area (Å²) in [5, 5.41) is 10.0. The Morgan fingerprint density at radius 2 is 2.11 bits per heavy atom. The number of carboxylic acids is 1. The second kappa shape index (κ2) is 5.45. The summed E-state index contributed by atoms with van der Waals surface area (Å²) < 4.78 is 5.71. The molecule has 2 aromatic rings. The van der Waals surface area contributed by atoms with Crippen molar-refractivity contribution in [1.82, 2.24) is 4.90 Å². The van der Waals surface area contributed by atoms with Crippen LogP contribution in [0.5, 0.6) is 0 Å². The Labute approximate surface area is 112 Å². The van der Waals surface area contributed by atoms with Gasteiger partial charge in [0.15, 0.2) is 0 Å². The van der Waals surface area contributed by atoms with E-state index in [1.807, 2.05) is 43.1 Å². The van der Waals surface area contributed by atoms with Crippen molar-refractivity contribution in [1.29, 1.82) is 0 Å². The molecule has 4 heteroatoms. The summed E-state index contributed by atoms with van der Waals surface area (Å²) in [6, 6.07) is 7.92. The minimum Gasteiger partial charge on any atom is -0.481 e. The van der Waals surface area contributed by atoms with Crippen molar-refractivity contribution >= 4 is 16.9 Å². The summed E-state index contributed by atoms with van der Waals surface area (Å²) in [6.07, 6.45) is 0. The molecular weight excluding hydrogens is 242 g/mol. The Morgan fingerprint density at radius 3 is 2.79 bits per heavy atom. The number of hydrogen-bond acceptors (Lipinski definition) is 3. The third-order valence-electron chi connectivity index (χ3n) is 3.34. The smallest absolute Gasteiger partial charge is 0.307 e. The van der Waals surface area contributed by atoms with E-state index >= 15 is 0 Å². The second-order valence-corrected chi connectivity index (χ2v) is 5.07. The molecule has 0 amide bonds. The lowest BCUT2D eigenvalue weighted by molar-refractivity contribution is -0.141. The van der Waals surface area contributed by atoms with Crippen LogP contribution in [-0.4, -0.2) is 29.6 Å². The van der Waals surface area contributed by atoms with Gasteiger partial charge in [-0.05, 0) is 20.0 Å². The first kappa shape index (κ1) is 13.6. The lowest BCUT2D eigenvalue weighted by atomic mass is 10.1. The lowest BCUT2D eigenvalue weighted by Crippen LogP contribution is -2.28. The van der Waals surface area contributed by atoms with E-state index in [-0.39, 0.29) is 5.92 Å². The third-order valence-corrected chi connectivity index (χ3v) is 3.34. The van der Waals surface area contributed by atoms with Crippen molar-refractivity contribution in [2.24, 2.45) is 5.92 Å². The van der Waals surface area contributed by atoms with E-state index in [2.05, 4.69) is 0 Å². The number of rotatable bonds is 5. The van der Waals surface area contributed by atoms with Crippen molar-refractivity contribution in [2.75, 3.05) is 13.6 Å². The van der Waals surface area contributed by atoms with Gasteiger partial charge in [0.1, 0.15) is 11.3 Å². The highest BCUT2D eigenvalue weighted by Crippen LogP contribution is 2.26. The zero-order valence-electron chi connectivity index (χ0n) is 11.5. The molecule has 2 rings (SSSR count). The molecule has 1 atom stereocenters. The zero-order chi connectivity index (χ0) is 14.0. The number of carboxylic acid groups (broad SMARTS) is 1. The molecule has 1 aromatic carbocycles. The number of furan rings is 1. The monoisotopic (exact) mass is 261 g/mol. The molecule has 0 bridgehead atoms. The molecule has 1 aromatic heterocycles. The number of hydrogen-bond donors (Lipinski definition) is 1. The van der Waals surface area contributed by atoms with Crippen molar-refractivity contribution in [3.05, 3.63) is 35.6 Å². The Bertz CT molecular complexity index is 588. The van der Waals surface area contributed by atoms with Gasteiger partial charge in [-0.25, -0.2) is 0 Å². The number of aryl methyl sites for hydroxylation is 1. The highest BCUT2D eigenvalue weighted by Gasteiger charge is 2.16. The van der Waals surface area contributed by atoms with E-state index in [0.717, 1.165) is 22.3 Å². The minimum absolute atomic E-state index is 0.372. The van der Waals surface area contributed by atoms with Crippen LogP contribution in [0.3, 0.4) is 0 Å². The fourth-order valence-corrected chi connectivity index (χ4v) is 2.30. The van der Waals surface area contributed by atoms with Crippen LogP contribution in [0.2, 0.25) is 0 Å². The Morgan fingerprint density at radius 1 is 1.42 bits per heavy atom. The van der Waals surface area contributed by atoms with E-state index in [1.54, 1.807) is 6.92 Å². The molecule has 0 radical (unpaired) electrons. The average molecular weight is 261 g/mol. The van der Waals surface area contributed by atoms with Crippen molar-refractivity contribution in [2.45, 2.75) is 20.4 Å². The van der Waals surface area contributed by atoms with Crippen LogP contribution in [0.25, 0.3) is 11.0 Å². The summed E-state index contributed by atoms with van der Waals surface area (Å²) in [5.41, 5.74) is 2.02. The largest absolute Gasteiger partial charge is 0.481 e. The number of carbonyl (C=O) groups is 1. The van der Waals surface area contributed by atoms with Gasteiger partial charge >= 0.3 is 5.97 Å². The van der Waals surface area contributed by atoms with Gasteiger partial charge in [-0.15, -0.1) is 0 Å². The number of benzene rings is 1. The fourth-order valence-electron chi connectivity index (χ4n) is 2.30. The van der Waals surface area contributed by atoms with Gasteiger partial charge in [0.25, 0.3) is 0 Å². The Hall–Kier alpha value is -1.81. The highest BCUT2D eigenvalue weighted by atomic mass is 16.4. The van der Waals surface area contributed by atoms with Crippen molar-refractivity contribution in [3.8, 4) is 0 Å². The third kappa shape index (κ3) is 2.96. The maximum atomic E-state index is 10.9. The highest BCUT2D eigenvalue weighted by molar-refractivity contribution is 5.82. The molecule has 0 fully saturated rings. The number of para-hydroxylation sites is 1. The summed E-state index contributed by atoms with van der Waals surface area (Å²) in [5.74, 6) is -0.236. The van der Waals surface area contributed by atoms with Gasteiger partial charge in [-0.3, -0.25) is 4.79 Å². The van der Waals surface area contributed by atoms with E-state index in [0.29, 0.717) is 13.1 Å². The maximum absolute atomic E-state index is 10.9. The fraction of sp³-hybridized carbons (Fsp3) is 0.400. The van der Waals surface area contributed by atoms with Crippen molar-refractivity contribution < 1.29 is 14.3 Å². The van der Waals surface area contributed by atoms with Gasteiger partial charge in [0.2, 0.25) is 0 Å². The molecule has 0 saturated carbocycles. The Kier molecular flexibility index (Phi) is 3.90. The molecule has 1 heterocycles. The van der Waals surface area contributed by atoms with Crippen LogP contribution >= 0.6 is 0 Å². The molecule has 0 saturated heterocycles. The summed E-state index contributed by atoms with van der Waals surface area (Å²) in [7, 11) is 1.93. The predicted octanol–water partition coefficient (Wildman–Crippen LogP) is 2.89. The Balaban J connectivity index is 2.17. The molecule has 0 aliphatic carbocycles. The van der Waals surface area contributed by atoms with Gasteiger partial charge in [0, 0.05) is 24.0 Å². The first-order chi connectivity index (χ1) is 8.99. The molecule has 0 spiro atoms. The topological polar surface area (TPSA) is 53.7 Å². The molecule has 0 aliphatic heterocycles. The van der Waals surface area contributed by atoms with Crippen LogP contribution in [0.1, 0.15) is 18.2 Å². The molecule has 4 nitrogen and oxygen atoms in total. The lowest BCUT2D eigenvalue weighted by Gasteiger charge is -2.18. The second-order valence-electron chi connectivity index (χ2n) is 5.07. The SMILES string of the molecule is Cc1oc2ccccc2c1CN(C)CC(C)C(=O)O. The van der Waals surface area contributed by atoms with Crippen LogP contribution in [0.4, 0.5) is 0 Å². The quantitative estimate of drug-likeness (QED) is 0.899. The number of fused-ring (bicyclic) bond motifs is 1. The average Bonchev–Trinajstić information content (AvgIpc) is 2.66. The van der Waals surface area contributed by atoms with Crippen LogP contribution in [0.15, 0.2) is 28.7 Å². The minimum atomic E-state index is -0.763. The summed E-state index contributed by atoms with van der Waals surface area (Å²) in [6.45, 7) is 4.89. The van der Waals surface area contributed by atoms with E-state index in [9.17, 15) is 4.79 Å². The van der Waals surface area contributed by atoms with E-state index in [1.165, 1.54) is 0 Å². The maximum Gasteiger partial charge on any atom is 0.307 e. The molecular formula is C15H19NO3. The molecule has 1 N–H and O–H groups in total. The first-order valence-electron chi connectivity index (χ1n) is 6.37. The van der Waals surface area contributed by atoms with Gasteiger partial charge in [-0.2, -0.15) is 0 Å². The van der Waals surface area contributed by atoms with Gasteiger partial charge in [0.05, 0.1) is 5.92 Å². The first-order valence-corrected chi connectivity index (χ1v) is 6.37. The van der Waals surface area contributed by atoms with E-state index in [4.69, 9.17) is 9.52 Å². The molecule has 0 aliphatic rings. The van der Waals surface area contributed by atoms with Gasteiger partial charge in [-0.1, -0.05) is 25.1 Å². The van der Waals surface area contributed by atoms with Crippen molar-refractivity contribution in [3.63, 3.8) is 0 Å². The summed E-state index contributed by atoms with van der Waals surface area (Å²) >= 11 is 0. The molecule has 102 valence electrons. The number of nitrogens with zero attached hydrogens (tertiary/aromatic N) is 1. The zero-order valence-corrected chi connectivity index (χ0v) is 11.5. The predicted molar refractivity (Wildman–Crippen MR) is 74.1 cm³/mol. The van der Waals surface area contributed by atoms with Crippen LogP contribution in [0, 0.1) is 12.8 Å².